The molecule has 0 bridgehead atoms. The lowest BCUT2D eigenvalue weighted by Crippen LogP contribution is -2.48. The fraction of sp³-hybridized carbons (Fsp3) is 0.412. The second-order valence-electron chi connectivity index (χ2n) is 6.46. The van der Waals surface area contributed by atoms with Gasteiger partial charge in [-0.15, -0.1) is 5.73 Å². The molecule has 0 aliphatic heterocycles. The van der Waals surface area contributed by atoms with Crippen molar-refractivity contribution >= 4 is 24.1 Å². The van der Waals surface area contributed by atoms with E-state index in [0.717, 1.165) is 5.56 Å². The van der Waals surface area contributed by atoms with Gasteiger partial charge in [-0.05, 0) is 31.2 Å². The Morgan fingerprint density at radius 1 is 1.29 bits per heavy atom. The summed E-state index contributed by atoms with van der Waals surface area (Å²) >= 11 is 0. The van der Waals surface area contributed by atoms with Gasteiger partial charge >= 0.3 is 5.97 Å². The Hall–Kier alpha value is -1.66. The van der Waals surface area contributed by atoms with Crippen LogP contribution >= 0.6 is 0 Å². The number of aryl methyl sites for hydroxylation is 1. The lowest BCUT2D eigenvalue weighted by molar-refractivity contribution is -0.143. The zero-order valence-electron chi connectivity index (χ0n) is 14.8. The van der Waals surface area contributed by atoms with Crippen molar-refractivity contribution in [3.63, 3.8) is 0 Å². The highest BCUT2D eigenvalue weighted by molar-refractivity contribution is 7.89. The van der Waals surface area contributed by atoms with Crippen LogP contribution in [0.25, 0.3) is 0 Å². The predicted molar refractivity (Wildman–Crippen MR) is 97.9 cm³/mol. The van der Waals surface area contributed by atoms with Crippen LogP contribution in [-0.2, 0) is 19.6 Å². The molecule has 0 heterocycles. The normalized spacial score (nSPS) is 13.0. The molecule has 0 aromatic heterocycles. The molecule has 0 spiro atoms. The highest BCUT2D eigenvalue weighted by atomic mass is 32.2. The molecule has 0 unspecified atom stereocenters. The van der Waals surface area contributed by atoms with E-state index >= 15 is 0 Å². The second-order valence-corrected chi connectivity index (χ2v) is 13.2. The summed E-state index contributed by atoms with van der Waals surface area (Å²) in [5, 5.41) is 0.566. The quantitative estimate of drug-likeness (QED) is 0.457. The number of ether oxygens (including phenoxy) is 1. The topological polar surface area (TPSA) is 72.5 Å². The summed E-state index contributed by atoms with van der Waals surface area (Å²) in [6.07, 6.45) is 0. The van der Waals surface area contributed by atoms with E-state index in [0.29, 0.717) is 5.20 Å². The van der Waals surface area contributed by atoms with Gasteiger partial charge in [0.1, 0.15) is 6.04 Å². The van der Waals surface area contributed by atoms with Crippen LogP contribution in [0.15, 0.2) is 46.7 Å². The Balaban J connectivity index is 3.28. The van der Waals surface area contributed by atoms with E-state index in [2.05, 4.69) is 17.0 Å². The third-order valence-electron chi connectivity index (χ3n) is 3.41. The fourth-order valence-electron chi connectivity index (χ4n) is 2.19. The molecule has 0 aliphatic carbocycles. The molecule has 0 radical (unpaired) electrons. The van der Waals surface area contributed by atoms with Crippen LogP contribution in [0.3, 0.4) is 0 Å². The van der Waals surface area contributed by atoms with E-state index in [1.807, 2.05) is 26.6 Å². The van der Waals surface area contributed by atoms with E-state index in [1.165, 1.54) is 12.1 Å². The van der Waals surface area contributed by atoms with Crippen LogP contribution in [0.5, 0.6) is 0 Å². The smallest absolute Gasteiger partial charge is 0.328 e. The van der Waals surface area contributed by atoms with Crippen LogP contribution < -0.4 is 4.72 Å². The number of rotatable bonds is 7. The number of esters is 1. The number of hydrogen-bond donors (Lipinski definition) is 1. The van der Waals surface area contributed by atoms with E-state index < -0.39 is 30.1 Å². The Labute approximate surface area is 145 Å². The standard InChI is InChI=1S/C17H25NO4SSi/c1-7-15(24(4,5)6)16(17(19)22-8-2)18-23(20,21)14-11-9-13(3)10-12-14/h9-12,16,18H,1,8H2,2-6H3/t16-/m0/s1. The first kappa shape index (κ1) is 20.4. The number of nitrogens with one attached hydrogen (secondary N) is 1. The van der Waals surface area contributed by atoms with Crippen LogP contribution in [-0.4, -0.2) is 35.1 Å². The molecule has 0 fully saturated rings. The number of hydrogen-bond acceptors (Lipinski definition) is 4. The van der Waals surface area contributed by atoms with Crippen LogP contribution in [0, 0.1) is 6.92 Å². The average Bonchev–Trinajstić information content (AvgIpc) is 2.46. The van der Waals surface area contributed by atoms with Crippen molar-refractivity contribution in [2.45, 2.75) is 44.4 Å². The minimum Gasteiger partial charge on any atom is -0.465 e. The lowest BCUT2D eigenvalue weighted by Gasteiger charge is -2.26. The first-order chi connectivity index (χ1) is 11.0. The van der Waals surface area contributed by atoms with Gasteiger partial charge in [0.15, 0.2) is 0 Å². The van der Waals surface area contributed by atoms with Crippen molar-refractivity contribution in [1.29, 1.82) is 0 Å². The van der Waals surface area contributed by atoms with Crippen LogP contribution in [0.1, 0.15) is 12.5 Å². The molecule has 1 aromatic carbocycles. The molecule has 0 aliphatic rings. The van der Waals surface area contributed by atoms with E-state index in [4.69, 9.17) is 4.74 Å². The molecule has 5 nitrogen and oxygen atoms in total. The SMILES string of the molecule is C=C=C([C@H](NS(=O)(=O)c1ccc(C)cc1)C(=O)OCC)[Si](C)(C)C. The Kier molecular flexibility index (Phi) is 6.74. The van der Waals surface area contributed by atoms with Gasteiger partial charge in [0, 0.05) is 0 Å². The van der Waals surface area contributed by atoms with Gasteiger partial charge in [0.25, 0.3) is 0 Å². The molecule has 0 saturated carbocycles. The van der Waals surface area contributed by atoms with Crippen molar-refractivity contribution in [3.05, 3.63) is 47.3 Å². The largest absolute Gasteiger partial charge is 0.465 e. The third-order valence-corrected chi connectivity index (χ3v) is 6.93. The van der Waals surface area contributed by atoms with Crippen LogP contribution in [0.2, 0.25) is 19.6 Å². The maximum Gasteiger partial charge on any atom is 0.328 e. The molecule has 7 heteroatoms. The summed E-state index contributed by atoms with van der Waals surface area (Å²) in [4.78, 5) is 12.4. The zero-order chi connectivity index (χ0) is 18.5. The molecule has 1 aromatic rings. The summed E-state index contributed by atoms with van der Waals surface area (Å²) in [7, 11) is -5.91. The molecule has 1 rings (SSSR count). The highest BCUT2D eigenvalue weighted by Gasteiger charge is 2.36. The summed E-state index contributed by atoms with van der Waals surface area (Å²) in [5.74, 6) is -0.637. The maximum absolute atomic E-state index is 12.6. The molecule has 0 saturated heterocycles. The fourth-order valence-corrected chi connectivity index (χ4v) is 5.04. The molecule has 1 atom stereocenters. The first-order valence-electron chi connectivity index (χ1n) is 7.69. The minimum absolute atomic E-state index is 0.0985. The average molecular weight is 368 g/mol. The Morgan fingerprint density at radius 2 is 1.83 bits per heavy atom. The molecule has 132 valence electrons. The molecular weight excluding hydrogens is 342 g/mol. The van der Waals surface area contributed by atoms with Gasteiger partial charge in [-0.1, -0.05) is 43.9 Å². The summed E-state index contributed by atoms with van der Waals surface area (Å²) in [6, 6.07) is 5.31. The van der Waals surface area contributed by atoms with E-state index in [-0.39, 0.29) is 11.5 Å². The van der Waals surface area contributed by atoms with Crippen LogP contribution in [0.4, 0.5) is 0 Å². The molecule has 24 heavy (non-hydrogen) atoms. The van der Waals surface area contributed by atoms with Crippen molar-refractivity contribution in [1.82, 2.24) is 4.72 Å². The minimum atomic E-state index is -3.87. The third kappa shape index (κ3) is 5.17. The summed E-state index contributed by atoms with van der Waals surface area (Å²) in [6.45, 7) is 13.3. The number of carbonyl (C=O) groups excluding carboxylic acids is 1. The number of benzene rings is 1. The number of sulfonamides is 1. The maximum atomic E-state index is 12.6. The van der Waals surface area contributed by atoms with Crippen molar-refractivity contribution in [2.75, 3.05) is 6.61 Å². The van der Waals surface area contributed by atoms with Gasteiger partial charge in [-0.25, -0.2) is 13.2 Å². The molecule has 1 N–H and O–H groups in total. The lowest BCUT2D eigenvalue weighted by atomic mass is 10.2. The van der Waals surface area contributed by atoms with Gasteiger partial charge in [-0.2, -0.15) is 4.72 Å². The Morgan fingerprint density at radius 3 is 2.25 bits per heavy atom. The van der Waals surface area contributed by atoms with Crippen molar-refractivity contribution in [2.24, 2.45) is 0 Å². The van der Waals surface area contributed by atoms with Gasteiger partial charge < -0.3 is 4.74 Å². The predicted octanol–water partition coefficient (Wildman–Crippen LogP) is 2.79. The van der Waals surface area contributed by atoms with Crippen molar-refractivity contribution < 1.29 is 17.9 Å². The van der Waals surface area contributed by atoms with Gasteiger partial charge in [0.05, 0.1) is 19.6 Å². The summed E-state index contributed by atoms with van der Waals surface area (Å²) < 4.78 is 32.8. The zero-order valence-corrected chi connectivity index (χ0v) is 16.7. The van der Waals surface area contributed by atoms with E-state index in [1.54, 1.807) is 19.1 Å². The van der Waals surface area contributed by atoms with Gasteiger partial charge in [-0.3, -0.25) is 0 Å². The molecular formula is C17H25NO4SSi. The monoisotopic (exact) mass is 367 g/mol. The second kappa shape index (κ2) is 7.94. The highest BCUT2D eigenvalue weighted by Crippen LogP contribution is 2.20. The summed E-state index contributed by atoms with van der Waals surface area (Å²) in [5.41, 5.74) is 3.71. The van der Waals surface area contributed by atoms with E-state index in [9.17, 15) is 13.2 Å². The molecule has 0 amide bonds. The number of carbonyl (C=O) groups is 1. The van der Waals surface area contributed by atoms with Crippen molar-refractivity contribution in [3.8, 4) is 0 Å². The Bertz CT molecular complexity index is 742. The van der Waals surface area contributed by atoms with Gasteiger partial charge in [0.2, 0.25) is 10.0 Å². The first-order valence-corrected chi connectivity index (χ1v) is 12.7.